The van der Waals surface area contributed by atoms with Crippen LogP contribution in [0.2, 0.25) is 10.0 Å². The Morgan fingerprint density at radius 3 is 2.53 bits per heavy atom. The summed E-state index contributed by atoms with van der Waals surface area (Å²) in [6.45, 7) is 3.87. The first-order chi connectivity index (χ1) is 8.90. The van der Waals surface area contributed by atoms with Gasteiger partial charge < -0.3 is 0 Å². The van der Waals surface area contributed by atoms with Crippen molar-refractivity contribution in [1.29, 1.82) is 0 Å². The molecule has 6 heteroatoms. The second-order valence-corrected chi connectivity index (χ2v) is 6.81. The Morgan fingerprint density at radius 1 is 1.32 bits per heavy atom. The number of nitrogens with zero attached hydrogens (tertiary/aromatic N) is 1. The van der Waals surface area contributed by atoms with Crippen molar-refractivity contribution in [2.45, 2.75) is 19.9 Å². The Labute approximate surface area is 131 Å². The maximum atomic E-state index is 12.2. The first-order valence-electron chi connectivity index (χ1n) is 5.62. The van der Waals surface area contributed by atoms with Crippen molar-refractivity contribution in [3.63, 3.8) is 0 Å². The van der Waals surface area contributed by atoms with E-state index in [2.05, 4.69) is 0 Å². The number of thioether (sulfide) groups is 1. The third-order valence-electron chi connectivity index (χ3n) is 2.58. The van der Waals surface area contributed by atoms with Gasteiger partial charge in [-0.2, -0.15) is 0 Å². The molecule has 1 fully saturated rings. The average Bonchev–Trinajstić information content (AvgIpc) is 2.59. The van der Waals surface area contributed by atoms with E-state index in [4.69, 9.17) is 35.4 Å². The van der Waals surface area contributed by atoms with Crippen LogP contribution in [0.3, 0.4) is 0 Å². The van der Waals surface area contributed by atoms with Crippen molar-refractivity contribution in [3.05, 3.63) is 38.7 Å². The molecule has 1 aromatic rings. The summed E-state index contributed by atoms with van der Waals surface area (Å²) in [5, 5.41) is 0.961. The molecule has 0 spiro atoms. The maximum absolute atomic E-state index is 12.2. The Kier molecular flexibility index (Phi) is 4.56. The predicted octanol–water partition coefficient (Wildman–Crippen LogP) is 4.60. The molecule has 0 aromatic heterocycles. The number of benzene rings is 1. The number of rotatable bonds is 2. The lowest BCUT2D eigenvalue weighted by atomic mass is 10.2. The number of hydrogen-bond acceptors (Lipinski definition) is 3. The van der Waals surface area contributed by atoms with Gasteiger partial charge in [-0.25, -0.2) is 0 Å². The highest BCUT2D eigenvalue weighted by molar-refractivity contribution is 8.26. The lowest BCUT2D eigenvalue weighted by molar-refractivity contribution is -0.123. The van der Waals surface area contributed by atoms with Gasteiger partial charge >= 0.3 is 0 Å². The molecular weight excluding hydrogens is 321 g/mol. The van der Waals surface area contributed by atoms with Crippen LogP contribution in [0.15, 0.2) is 23.1 Å². The van der Waals surface area contributed by atoms with E-state index in [0.717, 1.165) is 5.56 Å². The van der Waals surface area contributed by atoms with Crippen LogP contribution in [0.1, 0.15) is 19.4 Å². The molecule has 0 atom stereocenters. The van der Waals surface area contributed by atoms with Crippen LogP contribution >= 0.6 is 47.2 Å². The van der Waals surface area contributed by atoms with Gasteiger partial charge in [0.25, 0.3) is 5.91 Å². The fourth-order valence-electron chi connectivity index (χ4n) is 1.68. The van der Waals surface area contributed by atoms with Crippen molar-refractivity contribution in [3.8, 4) is 0 Å². The van der Waals surface area contributed by atoms with Gasteiger partial charge in [-0.15, -0.1) is 0 Å². The summed E-state index contributed by atoms with van der Waals surface area (Å²) in [4.78, 5) is 14.4. The Balaban J connectivity index is 2.32. The number of carbonyl (C=O) groups is 1. The molecule has 0 bridgehead atoms. The van der Waals surface area contributed by atoms with Gasteiger partial charge in [-0.3, -0.25) is 9.69 Å². The summed E-state index contributed by atoms with van der Waals surface area (Å²) in [5.41, 5.74) is 0.832. The zero-order chi connectivity index (χ0) is 14.2. The number of carbonyl (C=O) groups excluding carboxylic acids is 1. The third-order valence-corrected chi connectivity index (χ3v) is 4.65. The molecule has 1 aromatic carbocycles. The van der Waals surface area contributed by atoms with Gasteiger partial charge in [0.1, 0.15) is 4.32 Å². The summed E-state index contributed by atoms with van der Waals surface area (Å²) in [7, 11) is 0. The van der Waals surface area contributed by atoms with Crippen molar-refractivity contribution in [1.82, 2.24) is 4.90 Å². The van der Waals surface area contributed by atoms with Crippen molar-refractivity contribution in [2.75, 3.05) is 0 Å². The highest BCUT2D eigenvalue weighted by Crippen LogP contribution is 2.34. The van der Waals surface area contributed by atoms with E-state index in [-0.39, 0.29) is 11.9 Å². The maximum Gasteiger partial charge on any atom is 0.266 e. The number of thiocarbonyl (C=S) groups is 1. The highest BCUT2D eigenvalue weighted by Gasteiger charge is 2.33. The predicted molar refractivity (Wildman–Crippen MR) is 86.6 cm³/mol. The zero-order valence-electron chi connectivity index (χ0n) is 10.3. The zero-order valence-corrected chi connectivity index (χ0v) is 13.5. The van der Waals surface area contributed by atoms with Gasteiger partial charge in [0.2, 0.25) is 0 Å². The first-order valence-corrected chi connectivity index (χ1v) is 7.60. The molecule has 2 nitrogen and oxygen atoms in total. The van der Waals surface area contributed by atoms with E-state index in [1.165, 1.54) is 11.8 Å². The summed E-state index contributed by atoms with van der Waals surface area (Å²) in [6, 6.07) is 5.31. The molecule has 0 aliphatic carbocycles. The number of amides is 1. The summed E-state index contributed by atoms with van der Waals surface area (Å²) in [5.74, 6) is -0.0592. The lowest BCUT2D eigenvalue weighted by Gasteiger charge is -2.18. The summed E-state index contributed by atoms with van der Waals surface area (Å²) in [6.07, 6.45) is 1.78. The normalized spacial score (nSPS) is 17.9. The van der Waals surface area contributed by atoms with E-state index in [9.17, 15) is 4.79 Å². The Hall–Kier alpha value is -0.550. The molecule has 1 heterocycles. The fraction of sp³-hybridized carbons (Fsp3) is 0.231. The van der Waals surface area contributed by atoms with E-state index in [0.29, 0.717) is 19.3 Å². The Morgan fingerprint density at radius 2 is 2.00 bits per heavy atom. The molecule has 0 unspecified atom stereocenters. The van der Waals surface area contributed by atoms with Crippen LogP contribution in [0, 0.1) is 0 Å². The average molecular weight is 332 g/mol. The second-order valence-electron chi connectivity index (χ2n) is 4.32. The molecule has 2 rings (SSSR count). The molecule has 1 aliphatic rings. The van der Waals surface area contributed by atoms with Crippen LogP contribution in [-0.2, 0) is 4.79 Å². The van der Waals surface area contributed by atoms with Crippen molar-refractivity contribution >= 4 is 63.5 Å². The molecule has 19 heavy (non-hydrogen) atoms. The van der Waals surface area contributed by atoms with Crippen LogP contribution in [-0.4, -0.2) is 21.2 Å². The standard InChI is InChI=1S/C13H11Cl2NOS2/c1-7(2)16-12(17)11(19-13(16)18)6-8-3-4-9(14)10(15)5-8/h3-7H,1-2H3/b11-6-. The minimum absolute atomic E-state index is 0.0592. The molecule has 0 radical (unpaired) electrons. The van der Waals surface area contributed by atoms with Gasteiger partial charge in [-0.05, 0) is 37.6 Å². The SMILES string of the molecule is CC(C)N1C(=O)/C(=C/c2ccc(Cl)c(Cl)c2)SC1=S. The summed E-state index contributed by atoms with van der Waals surface area (Å²) < 4.78 is 0.589. The molecule has 1 saturated heterocycles. The molecule has 0 N–H and O–H groups in total. The van der Waals surface area contributed by atoms with Crippen LogP contribution in [0.4, 0.5) is 0 Å². The summed E-state index contributed by atoms with van der Waals surface area (Å²) >= 11 is 18.3. The van der Waals surface area contributed by atoms with Crippen molar-refractivity contribution in [2.24, 2.45) is 0 Å². The fourth-order valence-corrected chi connectivity index (χ4v) is 3.51. The van der Waals surface area contributed by atoms with E-state index in [1.807, 2.05) is 19.9 Å². The van der Waals surface area contributed by atoms with E-state index >= 15 is 0 Å². The third kappa shape index (κ3) is 3.14. The van der Waals surface area contributed by atoms with E-state index in [1.54, 1.807) is 23.1 Å². The number of hydrogen-bond donors (Lipinski definition) is 0. The molecule has 1 amide bonds. The van der Waals surface area contributed by atoms with Gasteiger partial charge in [0.05, 0.1) is 15.0 Å². The largest absolute Gasteiger partial charge is 0.290 e. The minimum Gasteiger partial charge on any atom is -0.290 e. The van der Waals surface area contributed by atoms with Gasteiger partial charge in [0, 0.05) is 6.04 Å². The van der Waals surface area contributed by atoms with Gasteiger partial charge in [0.15, 0.2) is 0 Å². The lowest BCUT2D eigenvalue weighted by Crippen LogP contribution is -2.34. The minimum atomic E-state index is -0.0592. The topological polar surface area (TPSA) is 20.3 Å². The second kappa shape index (κ2) is 5.83. The van der Waals surface area contributed by atoms with Crippen LogP contribution in [0.5, 0.6) is 0 Å². The molecule has 0 saturated carbocycles. The van der Waals surface area contributed by atoms with Crippen LogP contribution in [0.25, 0.3) is 6.08 Å². The molecule has 1 aliphatic heterocycles. The first kappa shape index (κ1) is 14.9. The van der Waals surface area contributed by atoms with E-state index < -0.39 is 0 Å². The highest BCUT2D eigenvalue weighted by atomic mass is 35.5. The Bertz CT molecular complexity index is 584. The molecule has 100 valence electrons. The van der Waals surface area contributed by atoms with Crippen molar-refractivity contribution < 1.29 is 4.79 Å². The van der Waals surface area contributed by atoms with Crippen LogP contribution < -0.4 is 0 Å². The smallest absolute Gasteiger partial charge is 0.266 e. The monoisotopic (exact) mass is 331 g/mol. The van der Waals surface area contributed by atoms with Gasteiger partial charge in [-0.1, -0.05) is 53.2 Å². The number of halogens is 2. The quantitative estimate of drug-likeness (QED) is 0.583. The molecular formula is C13H11Cl2NOS2.